The van der Waals surface area contributed by atoms with E-state index in [2.05, 4.69) is 72.7 Å². The van der Waals surface area contributed by atoms with Gasteiger partial charge in [0.1, 0.15) is 0 Å². The molecule has 1 unspecified atom stereocenters. The van der Waals surface area contributed by atoms with Crippen LogP contribution in [0.4, 0.5) is 0 Å². The first-order chi connectivity index (χ1) is 7.65. The number of alkyl halides is 1. The first kappa shape index (κ1) is 14.1. The molecule has 0 aliphatic heterocycles. The third-order valence-electron chi connectivity index (χ3n) is 2.99. The fourth-order valence-corrected chi connectivity index (χ4v) is 4.25. The van der Waals surface area contributed by atoms with Gasteiger partial charge >= 0.3 is 0 Å². The van der Waals surface area contributed by atoms with Gasteiger partial charge in [-0.05, 0) is 35.6 Å². The van der Waals surface area contributed by atoms with Crippen molar-refractivity contribution in [1.82, 2.24) is 0 Å². The highest BCUT2D eigenvalue weighted by molar-refractivity contribution is 9.09. The summed E-state index contributed by atoms with van der Waals surface area (Å²) in [5, 5.41) is 1.12. The van der Waals surface area contributed by atoms with Crippen LogP contribution < -0.4 is 0 Å². The molecule has 0 heterocycles. The van der Waals surface area contributed by atoms with Gasteiger partial charge in [0.05, 0.1) is 0 Å². The predicted octanol–water partition coefficient (Wildman–Crippen LogP) is 4.90. The summed E-state index contributed by atoms with van der Waals surface area (Å²) < 4.78 is 0. The molecule has 0 saturated heterocycles. The molecule has 0 aliphatic rings. The summed E-state index contributed by atoms with van der Waals surface area (Å²) in [6.45, 7) is 6.81. The van der Waals surface area contributed by atoms with Crippen molar-refractivity contribution >= 4 is 27.7 Å². The van der Waals surface area contributed by atoms with Gasteiger partial charge in [0, 0.05) is 11.1 Å². The Balaban J connectivity index is 2.38. The fraction of sp³-hybridized carbons (Fsp3) is 0.571. The van der Waals surface area contributed by atoms with Gasteiger partial charge < -0.3 is 0 Å². The summed E-state index contributed by atoms with van der Waals surface area (Å²) in [5.74, 6) is 3.94. The lowest BCUT2D eigenvalue weighted by Crippen LogP contribution is -2.13. The van der Waals surface area contributed by atoms with Crippen LogP contribution in [0.5, 0.6) is 0 Å². The zero-order valence-electron chi connectivity index (χ0n) is 10.4. The predicted molar refractivity (Wildman–Crippen MR) is 79.5 cm³/mol. The molecule has 0 bridgehead atoms. The van der Waals surface area contributed by atoms with Gasteiger partial charge in [-0.15, -0.1) is 0 Å². The van der Waals surface area contributed by atoms with E-state index in [9.17, 15) is 0 Å². The van der Waals surface area contributed by atoms with Crippen LogP contribution in [0.25, 0.3) is 0 Å². The maximum absolute atomic E-state index is 3.60. The molecular weight excluding hydrogens is 280 g/mol. The lowest BCUT2D eigenvalue weighted by molar-refractivity contribution is 0.474. The van der Waals surface area contributed by atoms with Gasteiger partial charge in [0.25, 0.3) is 0 Å². The Morgan fingerprint density at radius 3 is 2.50 bits per heavy atom. The monoisotopic (exact) mass is 300 g/mol. The topological polar surface area (TPSA) is 0 Å². The smallest absolute Gasteiger partial charge is 0.0187 e. The van der Waals surface area contributed by atoms with Crippen LogP contribution in [0.15, 0.2) is 24.3 Å². The molecule has 0 aliphatic carbocycles. The second kappa shape index (κ2) is 7.39. The van der Waals surface area contributed by atoms with Crippen molar-refractivity contribution in [3.63, 3.8) is 0 Å². The van der Waals surface area contributed by atoms with Gasteiger partial charge in [-0.3, -0.25) is 0 Å². The Hall–Kier alpha value is 0.0500. The second-order valence-electron chi connectivity index (χ2n) is 4.60. The summed E-state index contributed by atoms with van der Waals surface area (Å²) in [4.78, 5) is 0. The van der Waals surface area contributed by atoms with Gasteiger partial charge in [0.15, 0.2) is 0 Å². The minimum atomic E-state index is 0.767. The molecule has 0 N–H and O–H groups in total. The number of benzene rings is 1. The van der Waals surface area contributed by atoms with Crippen molar-refractivity contribution in [3.05, 3.63) is 35.4 Å². The molecule has 90 valence electrons. The average Bonchev–Trinajstić information content (AvgIpc) is 2.26. The van der Waals surface area contributed by atoms with Crippen LogP contribution in [0.1, 0.15) is 25.0 Å². The largest absolute Gasteiger partial charge is 0.157 e. The van der Waals surface area contributed by atoms with Gasteiger partial charge in [0.2, 0.25) is 0 Å². The molecule has 16 heavy (non-hydrogen) atoms. The van der Waals surface area contributed by atoms with E-state index in [1.165, 1.54) is 16.9 Å². The lowest BCUT2D eigenvalue weighted by Gasteiger charge is -2.17. The Morgan fingerprint density at radius 1 is 1.25 bits per heavy atom. The van der Waals surface area contributed by atoms with Gasteiger partial charge in [-0.2, -0.15) is 11.8 Å². The van der Waals surface area contributed by atoms with Gasteiger partial charge in [-0.25, -0.2) is 0 Å². The van der Waals surface area contributed by atoms with Crippen molar-refractivity contribution in [2.45, 2.75) is 26.5 Å². The summed E-state index contributed by atoms with van der Waals surface area (Å²) in [6.07, 6.45) is 0. The molecular formula is C14H21BrS. The number of rotatable bonds is 6. The Labute approximate surface area is 112 Å². The Bertz CT molecular complexity index is 309. The van der Waals surface area contributed by atoms with Crippen molar-refractivity contribution in [2.24, 2.45) is 11.8 Å². The lowest BCUT2D eigenvalue weighted by atomic mass is 10.0. The summed E-state index contributed by atoms with van der Waals surface area (Å²) in [5.41, 5.74) is 2.89. The molecule has 2 heteroatoms. The molecule has 0 saturated carbocycles. The van der Waals surface area contributed by atoms with Crippen molar-refractivity contribution in [2.75, 3.05) is 11.1 Å². The molecule has 0 nitrogen and oxygen atoms in total. The van der Waals surface area contributed by atoms with Crippen LogP contribution >= 0.6 is 27.7 Å². The normalized spacial score (nSPS) is 13.1. The van der Waals surface area contributed by atoms with E-state index in [4.69, 9.17) is 0 Å². The molecule has 1 atom stereocenters. The van der Waals surface area contributed by atoms with E-state index in [0.29, 0.717) is 0 Å². The maximum Gasteiger partial charge on any atom is 0.0187 e. The first-order valence-corrected chi connectivity index (χ1v) is 8.11. The average molecular weight is 301 g/mol. The maximum atomic E-state index is 3.60. The Morgan fingerprint density at radius 2 is 1.94 bits per heavy atom. The summed E-state index contributed by atoms with van der Waals surface area (Å²) >= 11 is 5.66. The van der Waals surface area contributed by atoms with Crippen LogP contribution in [-0.4, -0.2) is 11.1 Å². The fourth-order valence-electron chi connectivity index (χ4n) is 1.51. The van der Waals surface area contributed by atoms with Crippen molar-refractivity contribution < 1.29 is 0 Å². The van der Waals surface area contributed by atoms with E-state index in [1.807, 2.05) is 0 Å². The van der Waals surface area contributed by atoms with Crippen LogP contribution in [0.2, 0.25) is 0 Å². The molecule has 0 radical (unpaired) electrons. The highest BCUT2D eigenvalue weighted by Gasteiger charge is 2.11. The van der Waals surface area contributed by atoms with Gasteiger partial charge in [-0.1, -0.05) is 54.0 Å². The second-order valence-corrected chi connectivity index (χ2v) is 6.28. The van der Waals surface area contributed by atoms with E-state index in [1.54, 1.807) is 0 Å². The van der Waals surface area contributed by atoms with Crippen molar-refractivity contribution in [1.29, 1.82) is 0 Å². The molecule has 0 amide bonds. The molecule has 0 aromatic heterocycles. The molecule has 1 aromatic carbocycles. The highest BCUT2D eigenvalue weighted by Crippen LogP contribution is 2.23. The molecule has 1 rings (SSSR count). The number of halogens is 1. The van der Waals surface area contributed by atoms with Crippen LogP contribution in [0.3, 0.4) is 0 Å². The summed E-state index contributed by atoms with van der Waals surface area (Å²) in [6, 6.07) is 8.67. The number of aryl methyl sites for hydroxylation is 1. The first-order valence-electron chi connectivity index (χ1n) is 5.83. The third-order valence-corrected chi connectivity index (χ3v) is 5.00. The number of thioether (sulfide) groups is 1. The van der Waals surface area contributed by atoms with E-state index < -0.39 is 0 Å². The van der Waals surface area contributed by atoms with Crippen LogP contribution in [-0.2, 0) is 5.75 Å². The third kappa shape index (κ3) is 4.50. The molecule has 0 spiro atoms. The van der Waals surface area contributed by atoms with E-state index in [-0.39, 0.29) is 0 Å². The molecule has 0 fully saturated rings. The Kier molecular flexibility index (Phi) is 6.52. The standard InChI is InChI=1S/C14H21BrS/c1-11(2)14(8-15)10-16-9-13-7-5-4-6-12(13)3/h4-7,11,14H,8-10H2,1-3H3. The number of hydrogen-bond donors (Lipinski definition) is 0. The van der Waals surface area contributed by atoms with Crippen LogP contribution in [0, 0.1) is 18.8 Å². The van der Waals surface area contributed by atoms with Crippen molar-refractivity contribution in [3.8, 4) is 0 Å². The highest BCUT2D eigenvalue weighted by atomic mass is 79.9. The minimum absolute atomic E-state index is 0.767. The number of hydrogen-bond acceptors (Lipinski definition) is 1. The zero-order chi connectivity index (χ0) is 12.0. The SMILES string of the molecule is Cc1ccccc1CSCC(CBr)C(C)C. The molecule has 1 aromatic rings. The zero-order valence-corrected chi connectivity index (χ0v) is 12.8. The summed E-state index contributed by atoms with van der Waals surface area (Å²) in [7, 11) is 0. The van der Waals surface area contributed by atoms with E-state index in [0.717, 1.165) is 22.9 Å². The quantitative estimate of drug-likeness (QED) is 0.674. The minimum Gasteiger partial charge on any atom is -0.157 e. The van der Waals surface area contributed by atoms with E-state index >= 15 is 0 Å².